The average Bonchev–Trinajstić information content (AvgIpc) is 2.89. The van der Waals surface area contributed by atoms with Gasteiger partial charge in [0.25, 0.3) is 0 Å². The summed E-state index contributed by atoms with van der Waals surface area (Å²) in [5, 5.41) is 0. The molecule has 0 radical (unpaired) electrons. The van der Waals surface area contributed by atoms with E-state index in [4.69, 9.17) is 10.5 Å². The quantitative estimate of drug-likeness (QED) is 0.747. The molecule has 0 unspecified atom stereocenters. The van der Waals surface area contributed by atoms with E-state index in [1.165, 1.54) is 0 Å². The maximum atomic E-state index is 5.96. The number of nitrogens with zero attached hydrogens (tertiary/aromatic N) is 3. The predicted octanol–water partition coefficient (Wildman–Crippen LogP) is 2.56. The molecule has 3 aromatic rings. The van der Waals surface area contributed by atoms with Crippen LogP contribution in [0.5, 0.6) is 5.75 Å². The van der Waals surface area contributed by atoms with Gasteiger partial charge in [-0.05, 0) is 24.3 Å². The second kappa shape index (κ2) is 5.36. The SMILES string of the molecule is CN(C)c1ccc(N)c(OCc2cn3ccccc3n2)c1. The van der Waals surface area contributed by atoms with Crippen molar-refractivity contribution in [1.82, 2.24) is 9.38 Å². The summed E-state index contributed by atoms with van der Waals surface area (Å²) in [6, 6.07) is 11.7. The Morgan fingerprint density at radius 2 is 2.10 bits per heavy atom. The highest BCUT2D eigenvalue weighted by Gasteiger charge is 2.06. The topological polar surface area (TPSA) is 55.8 Å². The largest absolute Gasteiger partial charge is 0.485 e. The first-order chi connectivity index (χ1) is 10.1. The molecule has 5 heteroatoms. The number of ether oxygens (including phenoxy) is 1. The minimum atomic E-state index is 0.392. The molecule has 0 spiro atoms. The highest BCUT2D eigenvalue weighted by atomic mass is 16.5. The molecule has 0 atom stereocenters. The minimum absolute atomic E-state index is 0.392. The molecule has 0 aliphatic rings. The summed E-state index contributed by atoms with van der Waals surface area (Å²) in [5.41, 5.74) is 9.42. The van der Waals surface area contributed by atoms with E-state index >= 15 is 0 Å². The summed E-state index contributed by atoms with van der Waals surface area (Å²) in [6.07, 6.45) is 3.92. The fourth-order valence-corrected chi connectivity index (χ4v) is 2.13. The fraction of sp³-hybridized carbons (Fsp3) is 0.188. The number of hydrogen-bond donors (Lipinski definition) is 1. The van der Waals surface area contributed by atoms with Gasteiger partial charge in [-0.1, -0.05) is 6.07 Å². The smallest absolute Gasteiger partial charge is 0.144 e. The van der Waals surface area contributed by atoms with E-state index in [0.29, 0.717) is 18.0 Å². The van der Waals surface area contributed by atoms with Crippen molar-refractivity contribution < 1.29 is 4.74 Å². The van der Waals surface area contributed by atoms with Crippen LogP contribution in [0.3, 0.4) is 0 Å². The van der Waals surface area contributed by atoms with Crippen LogP contribution >= 0.6 is 0 Å². The third kappa shape index (κ3) is 2.76. The van der Waals surface area contributed by atoms with Gasteiger partial charge in [0.05, 0.1) is 11.4 Å². The molecule has 1 aromatic carbocycles. The van der Waals surface area contributed by atoms with Gasteiger partial charge in [0, 0.05) is 38.2 Å². The summed E-state index contributed by atoms with van der Waals surface area (Å²) < 4.78 is 7.79. The monoisotopic (exact) mass is 282 g/mol. The van der Waals surface area contributed by atoms with Gasteiger partial charge < -0.3 is 19.8 Å². The van der Waals surface area contributed by atoms with Gasteiger partial charge in [0.1, 0.15) is 18.0 Å². The zero-order valence-electron chi connectivity index (χ0n) is 12.2. The summed E-state index contributed by atoms with van der Waals surface area (Å²) in [5.74, 6) is 0.679. The normalized spacial score (nSPS) is 10.8. The Balaban J connectivity index is 1.79. The molecule has 0 fully saturated rings. The van der Waals surface area contributed by atoms with Crippen molar-refractivity contribution in [3.05, 3.63) is 54.5 Å². The molecule has 5 nitrogen and oxygen atoms in total. The Morgan fingerprint density at radius 1 is 1.24 bits per heavy atom. The van der Waals surface area contributed by atoms with Gasteiger partial charge >= 0.3 is 0 Å². The van der Waals surface area contributed by atoms with Gasteiger partial charge in [-0.3, -0.25) is 0 Å². The maximum Gasteiger partial charge on any atom is 0.144 e. The molecule has 0 amide bonds. The zero-order valence-corrected chi connectivity index (χ0v) is 12.2. The van der Waals surface area contributed by atoms with Gasteiger partial charge in [0.2, 0.25) is 0 Å². The van der Waals surface area contributed by atoms with Crippen LogP contribution in [-0.2, 0) is 6.61 Å². The van der Waals surface area contributed by atoms with Crippen molar-refractivity contribution in [1.29, 1.82) is 0 Å². The number of pyridine rings is 1. The summed E-state index contributed by atoms with van der Waals surface area (Å²) in [7, 11) is 3.97. The molecule has 0 aliphatic heterocycles. The van der Waals surface area contributed by atoms with Gasteiger partial charge in [-0.2, -0.15) is 0 Å². The fourth-order valence-electron chi connectivity index (χ4n) is 2.13. The summed E-state index contributed by atoms with van der Waals surface area (Å²) in [4.78, 5) is 6.51. The second-order valence-corrected chi connectivity index (χ2v) is 5.10. The lowest BCUT2D eigenvalue weighted by Crippen LogP contribution is -2.09. The van der Waals surface area contributed by atoms with E-state index < -0.39 is 0 Å². The number of hydrogen-bond acceptors (Lipinski definition) is 4. The molecule has 0 saturated carbocycles. The molecule has 21 heavy (non-hydrogen) atoms. The predicted molar refractivity (Wildman–Crippen MR) is 84.7 cm³/mol. The summed E-state index contributed by atoms with van der Waals surface area (Å²) >= 11 is 0. The Hall–Kier alpha value is -2.69. The number of anilines is 2. The van der Waals surface area contributed by atoms with E-state index in [0.717, 1.165) is 17.0 Å². The number of fused-ring (bicyclic) bond motifs is 1. The van der Waals surface area contributed by atoms with Crippen molar-refractivity contribution in [2.24, 2.45) is 0 Å². The van der Waals surface area contributed by atoms with E-state index in [1.54, 1.807) is 0 Å². The van der Waals surface area contributed by atoms with Gasteiger partial charge in [-0.15, -0.1) is 0 Å². The molecule has 2 N–H and O–H groups in total. The van der Waals surface area contributed by atoms with Crippen molar-refractivity contribution >= 4 is 17.0 Å². The Bertz CT molecular complexity index is 731. The number of aromatic nitrogens is 2. The Morgan fingerprint density at radius 3 is 2.86 bits per heavy atom. The first kappa shape index (κ1) is 13.3. The van der Waals surface area contributed by atoms with Crippen LogP contribution in [0.25, 0.3) is 5.65 Å². The van der Waals surface area contributed by atoms with Crippen LogP contribution in [0.2, 0.25) is 0 Å². The molecule has 2 aromatic heterocycles. The lowest BCUT2D eigenvalue weighted by Gasteiger charge is -2.15. The third-order valence-corrected chi connectivity index (χ3v) is 3.30. The van der Waals surface area contributed by atoms with Crippen LogP contribution in [-0.4, -0.2) is 23.5 Å². The number of nitrogens with two attached hydrogens (primary N) is 1. The third-order valence-electron chi connectivity index (χ3n) is 3.30. The molecule has 0 aliphatic carbocycles. The first-order valence-corrected chi connectivity index (χ1v) is 6.76. The highest BCUT2D eigenvalue weighted by molar-refractivity contribution is 5.61. The zero-order chi connectivity index (χ0) is 14.8. The molecular weight excluding hydrogens is 264 g/mol. The highest BCUT2D eigenvalue weighted by Crippen LogP contribution is 2.27. The number of benzene rings is 1. The van der Waals surface area contributed by atoms with Crippen LogP contribution in [0.1, 0.15) is 5.69 Å². The molecule has 3 rings (SSSR count). The Labute approximate surface area is 123 Å². The van der Waals surface area contributed by atoms with Crippen LogP contribution < -0.4 is 15.4 Å². The Kier molecular flexibility index (Phi) is 3.39. The van der Waals surface area contributed by atoms with E-state index in [-0.39, 0.29) is 0 Å². The van der Waals surface area contributed by atoms with Crippen LogP contribution in [0.15, 0.2) is 48.8 Å². The molecule has 0 bridgehead atoms. The first-order valence-electron chi connectivity index (χ1n) is 6.76. The average molecular weight is 282 g/mol. The number of rotatable bonds is 4. The van der Waals surface area contributed by atoms with Crippen LogP contribution in [0.4, 0.5) is 11.4 Å². The van der Waals surface area contributed by atoms with Gasteiger partial charge in [0.15, 0.2) is 0 Å². The molecule has 2 heterocycles. The number of imidazole rings is 1. The van der Waals surface area contributed by atoms with Crippen molar-refractivity contribution in [3.63, 3.8) is 0 Å². The van der Waals surface area contributed by atoms with E-state index in [2.05, 4.69) is 4.98 Å². The molecule has 108 valence electrons. The minimum Gasteiger partial charge on any atom is -0.485 e. The van der Waals surface area contributed by atoms with E-state index in [1.807, 2.05) is 72.2 Å². The van der Waals surface area contributed by atoms with E-state index in [9.17, 15) is 0 Å². The van der Waals surface area contributed by atoms with Gasteiger partial charge in [-0.25, -0.2) is 4.98 Å². The second-order valence-electron chi connectivity index (χ2n) is 5.10. The van der Waals surface area contributed by atoms with Crippen molar-refractivity contribution in [2.75, 3.05) is 24.7 Å². The number of nitrogen functional groups attached to an aromatic ring is 1. The standard InChI is InChI=1S/C16H18N4O/c1-19(2)13-6-7-14(17)15(9-13)21-11-12-10-20-8-4-3-5-16(20)18-12/h3-10H,11,17H2,1-2H3. The lowest BCUT2D eigenvalue weighted by molar-refractivity contribution is 0.304. The van der Waals surface area contributed by atoms with Crippen molar-refractivity contribution in [3.8, 4) is 5.75 Å². The molecular formula is C16H18N4O. The van der Waals surface area contributed by atoms with Crippen LogP contribution in [0, 0.1) is 0 Å². The molecule has 0 saturated heterocycles. The summed E-state index contributed by atoms with van der Waals surface area (Å²) in [6.45, 7) is 0.392. The lowest BCUT2D eigenvalue weighted by atomic mass is 10.2. The maximum absolute atomic E-state index is 5.96. The van der Waals surface area contributed by atoms with Crippen molar-refractivity contribution in [2.45, 2.75) is 6.61 Å².